The number of alkyl halides is 1. The molecule has 0 radical (unpaired) electrons. The van der Waals surface area contributed by atoms with Gasteiger partial charge in [0.25, 0.3) is 0 Å². The average Bonchev–Trinajstić information content (AvgIpc) is 2.19. The number of hydrogen-bond donors (Lipinski definition) is 0. The van der Waals surface area contributed by atoms with Gasteiger partial charge in [-0.2, -0.15) is 0 Å². The van der Waals surface area contributed by atoms with Crippen molar-refractivity contribution in [1.29, 1.82) is 0 Å². The molecular weight excluding hydrogens is 319 g/mol. The fraction of sp³-hybridized carbons (Fsp3) is 0.222. The van der Waals surface area contributed by atoms with Gasteiger partial charge in [-0.3, -0.25) is 0 Å². The molecule has 0 N–H and O–H groups in total. The maximum absolute atomic E-state index is 13.5. The molecule has 0 amide bonds. The molecule has 76 valence electrons. The summed E-state index contributed by atoms with van der Waals surface area (Å²) in [5, 5.41) is 0.349. The average molecular weight is 326 g/mol. The van der Waals surface area contributed by atoms with Gasteiger partial charge in [-0.25, -0.2) is 9.18 Å². The molecule has 1 aromatic rings. The number of benzene rings is 1. The topological polar surface area (TPSA) is 26.3 Å². The van der Waals surface area contributed by atoms with E-state index in [0.717, 1.165) is 0 Å². The first-order chi connectivity index (χ1) is 6.60. The third-order valence-corrected chi connectivity index (χ3v) is 2.72. The molecule has 0 saturated heterocycles. The first-order valence-corrected chi connectivity index (χ1v) is 5.63. The second-order valence-electron chi connectivity index (χ2n) is 2.55. The number of halogens is 3. The van der Waals surface area contributed by atoms with E-state index in [9.17, 15) is 9.18 Å². The molecule has 14 heavy (non-hydrogen) atoms. The Morgan fingerprint density at radius 3 is 2.71 bits per heavy atom. The zero-order valence-electron chi connectivity index (χ0n) is 7.31. The van der Waals surface area contributed by atoms with Gasteiger partial charge in [0.1, 0.15) is 5.82 Å². The lowest BCUT2D eigenvalue weighted by Gasteiger charge is -2.05. The molecule has 0 bridgehead atoms. The molecule has 0 saturated carbocycles. The van der Waals surface area contributed by atoms with Crippen LogP contribution in [0.2, 0.25) is 0 Å². The number of esters is 1. The van der Waals surface area contributed by atoms with E-state index in [-0.39, 0.29) is 5.56 Å². The van der Waals surface area contributed by atoms with Gasteiger partial charge in [0, 0.05) is 15.4 Å². The van der Waals surface area contributed by atoms with Crippen LogP contribution in [0.4, 0.5) is 4.39 Å². The van der Waals surface area contributed by atoms with Crippen LogP contribution in [0.1, 0.15) is 15.9 Å². The van der Waals surface area contributed by atoms with Crippen molar-refractivity contribution in [3.05, 3.63) is 33.5 Å². The Balaban J connectivity index is 3.29. The van der Waals surface area contributed by atoms with Crippen molar-refractivity contribution in [1.82, 2.24) is 0 Å². The van der Waals surface area contributed by atoms with Crippen LogP contribution in [0.5, 0.6) is 0 Å². The number of hydrogen-bond acceptors (Lipinski definition) is 2. The number of ether oxygens (including phenoxy) is 1. The number of carbonyl (C=O) groups is 1. The van der Waals surface area contributed by atoms with E-state index in [2.05, 4.69) is 36.6 Å². The summed E-state index contributed by atoms with van der Waals surface area (Å²) in [6, 6.07) is 3.00. The second-order valence-corrected chi connectivity index (χ2v) is 4.03. The molecule has 0 unspecified atom stereocenters. The summed E-state index contributed by atoms with van der Waals surface area (Å²) in [5.74, 6) is -1.22. The molecule has 0 spiro atoms. The summed E-state index contributed by atoms with van der Waals surface area (Å²) in [4.78, 5) is 11.2. The first-order valence-electron chi connectivity index (χ1n) is 3.72. The highest BCUT2D eigenvalue weighted by Crippen LogP contribution is 2.22. The molecule has 0 aliphatic carbocycles. The lowest BCUT2D eigenvalue weighted by atomic mass is 10.1. The monoisotopic (exact) mass is 324 g/mol. The van der Waals surface area contributed by atoms with Crippen LogP contribution in [0.15, 0.2) is 16.6 Å². The minimum atomic E-state index is -0.675. The van der Waals surface area contributed by atoms with E-state index < -0.39 is 11.8 Å². The molecule has 0 atom stereocenters. The van der Waals surface area contributed by atoms with Crippen molar-refractivity contribution >= 4 is 37.8 Å². The second kappa shape index (κ2) is 4.89. The first kappa shape index (κ1) is 11.7. The van der Waals surface area contributed by atoms with Crippen molar-refractivity contribution in [3.8, 4) is 0 Å². The minimum Gasteiger partial charge on any atom is -0.465 e. The molecule has 2 nitrogen and oxygen atoms in total. The Morgan fingerprint density at radius 1 is 1.57 bits per heavy atom. The molecular formula is C9H7Br2FO2. The van der Waals surface area contributed by atoms with Crippen LogP contribution in [0.25, 0.3) is 0 Å². The van der Waals surface area contributed by atoms with Crippen LogP contribution < -0.4 is 0 Å². The Bertz CT molecular complexity index is 366. The number of rotatable bonds is 2. The van der Waals surface area contributed by atoms with Gasteiger partial charge in [-0.15, -0.1) is 0 Å². The van der Waals surface area contributed by atoms with E-state index in [0.29, 0.717) is 15.4 Å². The molecule has 0 aliphatic heterocycles. The van der Waals surface area contributed by atoms with Crippen molar-refractivity contribution < 1.29 is 13.9 Å². The van der Waals surface area contributed by atoms with E-state index in [4.69, 9.17) is 0 Å². The standard InChI is InChI=1S/C9H7Br2FO2/c1-14-9(13)7-3-6(11)2-5(4-10)8(7)12/h2-3H,4H2,1H3. The molecule has 5 heteroatoms. The van der Waals surface area contributed by atoms with Gasteiger partial charge >= 0.3 is 5.97 Å². The van der Waals surface area contributed by atoms with Crippen LogP contribution in [-0.4, -0.2) is 13.1 Å². The predicted molar refractivity (Wildman–Crippen MR) is 58.1 cm³/mol. The SMILES string of the molecule is COC(=O)c1cc(Br)cc(CBr)c1F. The molecule has 0 heterocycles. The van der Waals surface area contributed by atoms with Gasteiger partial charge in [-0.05, 0) is 12.1 Å². The van der Waals surface area contributed by atoms with Gasteiger partial charge in [0.05, 0.1) is 12.7 Å². The molecule has 1 aromatic carbocycles. The lowest BCUT2D eigenvalue weighted by molar-refractivity contribution is 0.0595. The normalized spacial score (nSPS) is 10.0. The van der Waals surface area contributed by atoms with Crippen molar-refractivity contribution in [2.45, 2.75) is 5.33 Å². The highest BCUT2D eigenvalue weighted by Gasteiger charge is 2.16. The largest absolute Gasteiger partial charge is 0.465 e. The lowest BCUT2D eigenvalue weighted by Crippen LogP contribution is -2.06. The zero-order chi connectivity index (χ0) is 10.7. The maximum Gasteiger partial charge on any atom is 0.340 e. The summed E-state index contributed by atoms with van der Waals surface area (Å²) in [7, 11) is 1.22. The number of methoxy groups -OCH3 is 1. The van der Waals surface area contributed by atoms with Gasteiger partial charge in [-0.1, -0.05) is 31.9 Å². The van der Waals surface area contributed by atoms with Gasteiger partial charge < -0.3 is 4.74 Å². The van der Waals surface area contributed by atoms with E-state index in [1.165, 1.54) is 13.2 Å². The van der Waals surface area contributed by atoms with Crippen LogP contribution >= 0.6 is 31.9 Å². The van der Waals surface area contributed by atoms with Crippen molar-refractivity contribution in [3.63, 3.8) is 0 Å². The van der Waals surface area contributed by atoms with E-state index in [1.54, 1.807) is 6.07 Å². The fourth-order valence-corrected chi connectivity index (χ4v) is 1.91. The quantitative estimate of drug-likeness (QED) is 0.616. The molecule has 0 aromatic heterocycles. The van der Waals surface area contributed by atoms with Gasteiger partial charge in [0.15, 0.2) is 0 Å². The molecule has 0 aliphatic rings. The zero-order valence-corrected chi connectivity index (χ0v) is 10.5. The van der Waals surface area contributed by atoms with Gasteiger partial charge in [0.2, 0.25) is 0 Å². The molecule has 0 fully saturated rings. The predicted octanol–water partition coefficient (Wildman–Crippen LogP) is 3.27. The Kier molecular flexibility index (Phi) is 4.07. The minimum absolute atomic E-state index is 0.0590. The van der Waals surface area contributed by atoms with E-state index in [1.807, 2.05) is 0 Å². The highest BCUT2D eigenvalue weighted by atomic mass is 79.9. The third-order valence-electron chi connectivity index (χ3n) is 1.66. The van der Waals surface area contributed by atoms with E-state index >= 15 is 0 Å². The van der Waals surface area contributed by atoms with Crippen molar-refractivity contribution in [2.75, 3.05) is 7.11 Å². The highest BCUT2D eigenvalue weighted by molar-refractivity contribution is 9.10. The van der Waals surface area contributed by atoms with Crippen LogP contribution in [0.3, 0.4) is 0 Å². The summed E-state index contributed by atoms with van der Waals surface area (Å²) in [5.41, 5.74) is 0.358. The Morgan fingerprint density at radius 2 is 2.21 bits per heavy atom. The van der Waals surface area contributed by atoms with Crippen LogP contribution in [0, 0.1) is 5.82 Å². The Hall–Kier alpha value is -0.420. The number of carbonyl (C=O) groups excluding carboxylic acids is 1. The van der Waals surface area contributed by atoms with Crippen LogP contribution in [-0.2, 0) is 10.1 Å². The summed E-state index contributed by atoms with van der Waals surface area (Å²) in [6.07, 6.45) is 0. The summed E-state index contributed by atoms with van der Waals surface area (Å²) >= 11 is 6.32. The Labute approximate surface area is 97.7 Å². The maximum atomic E-state index is 13.5. The fourth-order valence-electron chi connectivity index (χ4n) is 1.00. The molecule has 1 rings (SSSR count). The van der Waals surface area contributed by atoms with Crippen molar-refractivity contribution in [2.24, 2.45) is 0 Å². The third kappa shape index (κ3) is 2.33. The summed E-state index contributed by atoms with van der Waals surface area (Å²) < 4.78 is 18.6. The summed E-state index contributed by atoms with van der Waals surface area (Å²) in [6.45, 7) is 0. The smallest absolute Gasteiger partial charge is 0.340 e.